The Morgan fingerprint density at radius 3 is 2.40 bits per heavy atom. The average Bonchev–Trinajstić information content (AvgIpc) is 2.47. The van der Waals surface area contributed by atoms with E-state index in [1.54, 1.807) is 0 Å². The van der Waals surface area contributed by atoms with Crippen molar-refractivity contribution in [2.24, 2.45) is 0 Å². The lowest BCUT2D eigenvalue weighted by Crippen LogP contribution is -2.27. The van der Waals surface area contributed by atoms with Gasteiger partial charge in [0.05, 0.1) is 6.54 Å². The van der Waals surface area contributed by atoms with Gasteiger partial charge in [-0.2, -0.15) is 0 Å². The summed E-state index contributed by atoms with van der Waals surface area (Å²) in [5, 5.41) is 2.19. The highest BCUT2D eigenvalue weighted by Crippen LogP contribution is 2.14. The molecule has 0 aliphatic carbocycles. The fourth-order valence-electron chi connectivity index (χ4n) is 1.42. The molecule has 1 aliphatic heterocycles. The van der Waals surface area contributed by atoms with Gasteiger partial charge in [0.1, 0.15) is 5.70 Å². The van der Waals surface area contributed by atoms with Gasteiger partial charge in [-0.3, -0.25) is 15.0 Å². The molecule has 0 aromatic heterocycles. The fraction of sp³-hybridized carbons (Fsp3) is 0.0909. The van der Waals surface area contributed by atoms with E-state index in [1.165, 1.54) is 4.90 Å². The van der Waals surface area contributed by atoms with Gasteiger partial charge in [-0.15, -0.1) is 0 Å². The molecule has 1 heterocycles. The van der Waals surface area contributed by atoms with Crippen molar-refractivity contribution in [1.82, 2.24) is 10.2 Å². The maximum absolute atomic E-state index is 11.3. The number of nitrogens with one attached hydrogen (secondary N) is 1. The summed E-state index contributed by atoms with van der Waals surface area (Å²) in [7, 11) is 0. The smallest absolute Gasteiger partial charge is 0.285 e. The zero-order chi connectivity index (χ0) is 10.8. The lowest BCUT2D eigenvalue weighted by molar-refractivity contribution is -0.116. The van der Waals surface area contributed by atoms with E-state index in [1.807, 2.05) is 30.3 Å². The highest BCUT2D eigenvalue weighted by atomic mass is 16.2. The minimum Gasteiger partial charge on any atom is -0.285 e. The zero-order valence-corrected chi connectivity index (χ0v) is 8.06. The van der Waals surface area contributed by atoms with Crippen LogP contribution in [0.5, 0.6) is 0 Å². The third-order valence-corrected chi connectivity index (χ3v) is 2.24. The van der Waals surface area contributed by atoms with Crippen LogP contribution in [0.2, 0.25) is 0 Å². The summed E-state index contributed by atoms with van der Waals surface area (Å²) >= 11 is 0. The Labute approximate surface area is 87.2 Å². The average molecular weight is 202 g/mol. The first-order valence-electron chi connectivity index (χ1n) is 4.54. The Hall–Kier alpha value is -2.10. The van der Waals surface area contributed by atoms with Crippen molar-refractivity contribution in [3.8, 4) is 0 Å². The predicted octanol–water partition coefficient (Wildman–Crippen LogP) is 1.25. The molecule has 3 amide bonds. The monoisotopic (exact) mass is 202 g/mol. The number of benzene rings is 1. The van der Waals surface area contributed by atoms with Crippen molar-refractivity contribution in [3.05, 3.63) is 48.2 Å². The van der Waals surface area contributed by atoms with Gasteiger partial charge in [-0.05, 0) is 5.56 Å². The Bertz CT molecular complexity index is 425. The molecule has 1 fully saturated rings. The molecule has 1 saturated heterocycles. The first kappa shape index (κ1) is 9.45. The third-order valence-electron chi connectivity index (χ3n) is 2.24. The number of imide groups is 1. The van der Waals surface area contributed by atoms with E-state index >= 15 is 0 Å². The molecule has 0 atom stereocenters. The minimum absolute atomic E-state index is 0.198. The molecule has 0 unspecified atom stereocenters. The summed E-state index contributed by atoms with van der Waals surface area (Å²) in [4.78, 5) is 23.8. The van der Waals surface area contributed by atoms with E-state index < -0.39 is 11.9 Å². The van der Waals surface area contributed by atoms with Gasteiger partial charge in [0.15, 0.2) is 0 Å². The van der Waals surface area contributed by atoms with Crippen LogP contribution in [-0.4, -0.2) is 16.8 Å². The third kappa shape index (κ3) is 1.74. The molecule has 76 valence electrons. The summed E-state index contributed by atoms with van der Waals surface area (Å²) in [6.45, 7) is 3.93. The molecule has 1 aromatic rings. The normalized spacial score (nSPS) is 15.7. The van der Waals surface area contributed by atoms with Crippen LogP contribution in [0.15, 0.2) is 42.6 Å². The molecule has 1 aliphatic rings. The van der Waals surface area contributed by atoms with Gasteiger partial charge >= 0.3 is 6.03 Å². The number of carbonyl (C=O) groups excluding carboxylic acids is 2. The van der Waals surface area contributed by atoms with Gasteiger partial charge in [-0.25, -0.2) is 4.79 Å². The summed E-state index contributed by atoms with van der Waals surface area (Å²) in [5.41, 5.74) is 1.16. The van der Waals surface area contributed by atoms with Crippen molar-refractivity contribution in [2.75, 3.05) is 0 Å². The molecule has 4 nitrogen and oxygen atoms in total. The highest BCUT2D eigenvalue weighted by Gasteiger charge is 2.30. The Kier molecular flexibility index (Phi) is 2.25. The van der Waals surface area contributed by atoms with Crippen LogP contribution in [0.25, 0.3) is 0 Å². The molecular weight excluding hydrogens is 192 g/mol. The molecule has 0 saturated carbocycles. The van der Waals surface area contributed by atoms with E-state index in [4.69, 9.17) is 0 Å². The van der Waals surface area contributed by atoms with Crippen molar-refractivity contribution in [3.63, 3.8) is 0 Å². The van der Waals surface area contributed by atoms with Gasteiger partial charge in [0, 0.05) is 0 Å². The number of rotatable bonds is 2. The Morgan fingerprint density at radius 2 is 1.87 bits per heavy atom. The lowest BCUT2D eigenvalue weighted by Gasteiger charge is -2.13. The van der Waals surface area contributed by atoms with E-state index in [-0.39, 0.29) is 5.70 Å². The Balaban J connectivity index is 2.16. The largest absolute Gasteiger partial charge is 0.329 e. The highest BCUT2D eigenvalue weighted by molar-refractivity contribution is 6.11. The van der Waals surface area contributed by atoms with Gasteiger partial charge < -0.3 is 0 Å². The summed E-state index contributed by atoms with van der Waals surface area (Å²) in [5.74, 6) is -0.420. The van der Waals surface area contributed by atoms with Gasteiger partial charge in [0.2, 0.25) is 0 Å². The number of amides is 3. The first-order chi connectivity index (χ1) is 7.18. The van der Waals surface area contributed by atoms with E-state index in [0.717, 1.165) is 5.56 Å². The lowest BCUT2D eigenvalue weighted by atomic mass is 10.2. The maximum Gasteiger partial charge on any atom is 0.329 e. The van der Waals surface area contributed by atoms with Crippen LogP contribution in [0.1, 0.15) is 5.56 Å². The first-order valence-corrected chi connectivity index (χ1v) is 4.54. The number of urea groups is 1. The number of hydrogen-bond donors (Lipinski definition) is 1. The van der Waals surface area contributed by atoms with Crippen LogP contribution in [0.4, 0.5) is 4.79 Å². The Morgan fingerprint density at radius 1 is 1.20 bits per heavy atom. The SMILES string of the molecule is C=C1C(=O)NC(=O)N1Cc1ccccc1. The molecule has 1 N–H and O–H groups in total. The second-order valence-corrected chi connectivity index (χ2v) is 3.28. The van der Waals surface area contributed by atoms with Crippen LogP contribution in [0.3, 0.4) is 0 Å². The van der Waals surface area contributed by atoms with Crippen LogP contribution < -0.4 is 5.32 Å². The van der Waals surface area contributed by atoms with E-state index in [9.17, 15) is 9.59 Å². The second kappa shape index (κ2) is 3.57. The van der Waals surface area contributed by atoms with Crippen LogP contribution in [0, 0.1) is 0 Å². The fourth-order valence-corrected chi connectivity index (χ4v) is 1.42. The van der Waals surface area contributed by atoms with Crippen LogP contribution in [-0.2, 0) is 11.3 Å². The van der Waals surface area contributed by atoms with Crippen molar-refractivity contribution in [1.29, 1.82) is 0 Å². The molecule has 1 aromatic carbocycles. The predicted molar refractivity (Wildman–Crippen MR) is 54.7 cm³/mol. The zero-order valence-electron chi connectivity index (χ0n) is 8.06. The molecule has 0 radical (unpaired) electrons. The topological polar surface area (TPSA) is 49.4 Å². The molecule has 4 heteroatoms. The van der Waals surface area contributed by atoms with Crippen molar-refractivity contribution < 1.29 is 9.59 Å². The quantitative estimate of drug-likeness (QED) is 0.579. The van der Waals surface area contributed by atoms with E-state index in [0.29, 0.717) is 6.54 Å². The number of hydrogen-bond acceptors (Lipinski definition) is 2. The molecule has 15 heavy (non-hydrogen) atoms. The maximum atomic E-state index is 11.3. The molecule has 2 rings (SSSR count). The molecule has 0 bridgehead atoms. The van der Waals surface area contributed by atoms with Gasteiger partial charge in [-0.1, -0.05) is 36.9 Å². The minimum atomic E-state index is -0.420. The molecule has 0 spiro atoms. The molecular formula is C11H10N2O2. The van der Waals surface area contributed by atoms with Crippen molar-refractivity contribution >= 4 is 11.9 Å². The van der Waals surface area contributed by atoms with Crippen molar-refractivity contribution in [2.45, 2.75) is 6.54 Å². The van der Waals surface area contributed by atoms with E-state index in [2.05, 4.69) is 11.9 Å². The number of nitrogens with zero attached hydrogens (tertiary/aromatic N) is 1. The summed E-state index contributed by atoms with van der Waals surface area (Å²) in [6, 6.07) is 9.04. The summed E-state index contributed by atoms with van der Waals surface area (Å²) < 4.78 is 0. The standard InChI is InChI=1S/C11H10N2O2/c1-8-10(14)12-11(15)13(8)7-9-5-3-2-4-6-9/h2-6H,1,7H2,(H,12,14,15). The second-order valence-electron chi connectivity index (χ2n) is 3.28. The van der Waals surface area contributed by atoms with Gasteiger partial charge in [0.25, 0.3) is 5.91 Å². The summed E-state index contributed by atoms with van der Waals surface area (Å²) in [6.07, 6.45) is 0. The van der Waals surface area contributed by atoms with Crippen LogP contribution >= 0.6 is 0 Å². The number of carbonyl (C=O) groups is 2.